The van der Waals surface area contributed by atoms with Gasteiger partial charge in [-0.25, -0.2) is 0 Å². The molecule has 0 radical (unpaired) electrons. The van der Waals surface area contributed by atoms with Gasteiger partial charge in [0.2, 0.25) is 0 Å². The van der Waals surface area contributed by atoms with Crippen molar-refractivity contribution < 1.29 is 23.9 Å². The number of benzene rings is 2. The van der Waals surface area contributed by atoms with Gasteiger partial charge in [0.05, 0.1) is 25.6 Å². The lowest BCUT2D eigenvalue weighted by Crippen LogP contribution is -2.21. The molecule has 0 aliphatic carbocycles. The summed E-state index contributed by atoms with van der Waals surface area (Å²) >= 11 is 0. The van der Waals surface area contributed by atoms with Crippen LogP contribution in [0, 0.1) is 10.1 Å². The van der Waals surface area contributed by atoms with E-state index < -0.39 is 4.92 Å². The summed E-state index contributed by atoms with van der Waals surface area (Å²) in [7, 11) is 3.03. The maximum Gasteiger partial charge on any atom is 0.312 e. The highest BCUT2D eigenvalue weighted by atomic mass is 16.6. The first-order valence-corrected chi connectivity index (χ1v) is 7.24. The van der Waals surface area contributed by atoms with Crippen molar-refractivity contribution in [2.75, 3.05) is 14.2 Å². The maximum atomic E-state index is 11.9. The zero-order chi connectivity index (χ0) is 17.3. The topological polar surface area (TPSA) is 87.9 Å². The number of methoxy groups -OCH3 is 2. The van der Waals surface area contributed by atoms with Crippen LogP contribution in [-0.4, -0.2) is 25.1 Å². The number of esters is 1. The van der Waals surface area contributed by atoms with E-state index in [0.29, 0.717) is 17.2 Å². The quantitative estimate of drug-likeness (QED) is 0.371. The van der Waals surface area contributed by atoms with Crippen molar-refractivity contribution in [1.82, 2.24) is 0 Å². The van der Waals surface area contributed by atoms with Gasteiger partial charge in [-0.05, 0) is 11.6 Å². The number of ether oxygens (including phenoxy) is 3. The molecule has 3 rings (SSSR count). The van der Waals surface area contributed by atoms with Crippen molar-refractivity contribution in [2.24, 2.45) is 0 Å². The molecule has 0 bridgehead atoms. The largest absolute Gasteiger partial charge is 0.493 e. The lowest BCUT2D eigenvalue weighted by molar-refractivity contribution is -0.384. The summed E-state index contributed by atoms with van der Waals surface area (Å²) < 4.78 is 15.8. The van der Waals surface area contributed by atoms with Crippen LogP contribution in [0.5, 0.6) is 17.2 Å². The van der Waals surface area contributed by atoms with Gasteiger partial charge in [-0.15, -0.1) is 0 Å². The summed E-state index contributed by atoms with van der Waals surface area (Å²) in [6.07, 6.45) is 0.153. The molecule has 1 unspecified atom stereocenters. The van der Waals surface area contributed by atoms with Gasteiger partial charge in [-0.1, -0.05) is 12.1 Å². The third-order valence-corrected chi connectivity index (χ3v) is 3.99. The molecule has 0 saturated heterocycles. The molecule has 0 spiro atoms. The number of non-ortho nitro benzene ring substituents is 1. The maximum absolute atomic E-state index is 11.9. The van der Waals surface area contributed by atoms with E-state index in [0.717, 1.165) is 11.1 Å². The first kappa shape index (κ1) is 15.8. The molecule has 0 amide bonds. The number of nitro groups is 1. The number of fused-ring (bicyclic) bond motifs is 1. The van der Waals surface area contributed by atoms with E-state index in [1.165, 1.54) is 26.4 Å². The number of nitrogens with zero attached hydrogens (tertiary/aromatic N) is 1. The molecule has 0 fully saturated rings. The average molecular weight is 329 g/mol. The molecule has 1 aliphatic rings. The molecular formula is C17H15NO6. The monoisotopic (exact) mass is 329 g/mol. The Bertz CT molecular complexity index is 799. The van der Waals surface area contributed by atoms with Gasteiger partial charge in [-0.3, -0.25) is 14.9 Å². The molecule has 0 N–H and O–H groups in total. The van der Waals surface area contributed by atoms with Crippen LogP contribution < -0.4 is 14.2 Å². The Balaban J connectivity index is 2.07. The van der Waals surface area contributed by atoms with Crippen molar-refractivity contribution in [1.29, 1.82) is 0 Å². The van der Waals surface area contributed by atoms with Gasteiger partial charge < -0.3 is 14.2 Å². The molecule has 1 heterocycles. The molecule has 7 heteroatoms. The predicted molar refractivity (Wildman–Crippen MR) is 84.7 cm³/mol. The summed E-state index contributed by atoms with van der Waals surface area (Å²) in [5, 5.41) is 10.8. The fourth-order valence-corrected chi connectivity index (χ4v) is 2.80. The zero-order valence-corrected chi connectivity index (χ0v) is 13.1. The van der Waals surface area contributed by atoms with Crippen LogP contribution in [0.2, 0.25) is 0 Å². The van der Waals surface area contributed by atoms with Gasteiger partial charge in [-0.2, -0.15) is 0 Å². The summed E-state index contributed by atoms with van der Waals surface area (Å²) in [5.74, 6) is 0.779. The second-order valence-electron chi connectivity index (χ2n) is 5.32. The van der Waals surface area contributed by atoms with E-state index in [4.69, 9.17) is 14.2 Å². The van der Waals surface area contributed by atoms with Crippen LogP contribution in [0.4, 0.5) is 5.69 Å². The van der Waals surface area contributed by atoms with Crippen LogP contribution >= 0.6 is 0 Å². The van der Waals surface area contributed by atoms with Gasteiger partial charge in [0.15, 0.2) is 11.5 Å². The highest BCUT2D eigenvalue weighted by Crippen LogP contribution is 2.44. The van der Waals surface area contributed by atoms with Crippen LogP contribution in [-0.2, 0) is 4.79 Å². The standard InChI is InChI=1S/C17H15NO6/c1-22-15-7-13-12(10-3-5-11(6-4-10)18(20)21)8-17(19)24-14(13)9-16(15)23-2/h3-7,9,12H,8H2,1-2H3. The molecule has 7 nitrogen and oxygen atoms in total. The second kappa shape index (κ2) is 6.19. The Labute approximate surface area is 137 Å². The lowest BCUT2D eigenvalue weighted by Gasteiger charge is -2.26. The average Bonchev–Trinajstić information content (AvgIpc) is 2.59. The number of carbonyl (C=O) groups excluding carboxylic acids is 1. The number of hydrogen-bond donors (Lipinski definition) is 0. The molecule has 0 aromatic heterocycles. The fraction of sp³-hybridized carbons (Fsp3) is 0.235. The molecule has 1 atom stereocenters. The lowest BCUT2D eigenvalue weighted by atomic mass is 9.86. The van der Waals surface area contributed by atoms with Gasteiger partial charge in [0.25, 0.3) is 5.69 Å². The van der Waals surface area contributed by atoms with E-state index >= 15 is 0 Å². The van der Waals surface area contributed by atoms with Crippen LogP contribution in [0.1, 0.15) is 23.5 Å². The van der Waals surface area contributed by atoms with E-state index in [-0.39, 0.29) is 24.0 Å². The third-order valence-electron chi connectivity index (χ3n) is 3.99. The van der Waals surface area contributed by atoms with Crippen LogP contribution in [0.15, 0.2) is 36.4 Å². The van der Waals surface area contributed by atoms with Crippen LogP contribution in [0.3, 0.4) is 0 Å². The minimum Gasteiger partial charge on any atom is -0.493 e. The summed E-state index contributed by atoms with van der Waals surface area (Å²) in [6, 6.07) is 9.55. The van der Waals surface area contributed by atoms with Crippen molar-refractivity contribution in [3.8, 4) is 17.2 Å². The van der Waals surface area contributed by atoms with E-state index in [9.17, 15) is 14.9 Å². The predicted octanol–water partition coefficient (Wildman–Crippen LogP) is 3.05. The minimum atomic E-state index is -0.458. The molecule has 1 aliphatic heterocycles. The second-order valence-corrected chi connectivity index (χ2v) is 5.32. The summed E-state index contributed by atoms with van der Waals surface area (Å²) in [4.78, 5) is 22.3. The Morgan fingerprint density at radius 1 is 1.12 bits per heavy atom. The van der Waals surface area contributed by atoms with Crippen LogP contribution in [0.25, 0.3) is 0 Å². The number of nitro benzene ring substituents is 1. The molecular weight excluding hydrogens is 314 g/mol. The Morgan fingerprint density at radius 3 is 2.33 bits per heavy atom. The van der Waals surface area contributed by atoms with E-state index in [2.05, 4.69) is 0 Å². The Morgan fingerprint density at radius 2 is 1.75 bits per heavy atom. The number of carbonyl (C=O) groups is 1. The van der Waals surface area contributed by atoms with Gasteiger partial charge in [0.1, 0.15) is 5.75 Å². The Kier molecular flexibility index (Phi) is 4.07. The van der Waals surface area contributed by atoms with Crippen molar-refractivity contribution in [2.45, 2.75) is 12.3 Å². The molecule has 2 aromatic carbocycles. The first-order valence-electron chi connectivity index (χ1n) is 7.24. The zero-order valence-electron chi connectivity index (χ0n) is 13.1. The van der Waals surface area contributed by atoms with Crippen molar-refractivity contribution in [3.63, 3.8) is 0 Å². The smallest absolute Gasteiger partial charge is 0.312 e. The third kappa shape index (κ3) is 2.76. The summed E-state index contributed by atoms with van der Waals surface area (Å²) in [6.45, 7) is 0. The summed E-state index contributed by atoms with van der Waals surface area (Å²) in [5.41, 5.74) is 1.58. The SMILES string of the molecule is COc1cc2c(cc1OC)C(c1ccc([N+](=O)[O-])cc1)CC(=O)O2. The minimum absolute atomic E-state index is 0.00432. The normalized spacial score (nSPS) is 16.1. The number of rotatable bonds is 4. The molecule has 0 saturated carbocycles. The molecule has 2 aromatic rings. The Hall–Kier alpha value is -3.09. The van der Waals surface area contributed by atoms with Gasteiger partial charge >= 0.3 is 5.97 Å². The van der Waals surface area contributed by atoms with Crippen molar-refractivity contribution in [3.05, 3.63) is 57.6 Å². The van der Waals surface area contributed by atoms with E-state index in [1.54, 1.807) is 24.3 Å². The first-order chi connectivity index (χ1) is 11.5. The highest BCUT2D eigenvalue weighted by Gasteiger charge is 2.30. The van der Waals surface area contributed by atoms with E-state index in [1.807, 2.05) is 0 Å². The highest BCUT2D eigenvalue weighted by molar-refractivity contribution is 5.78. The van der Waals surface area contributed by atoms with Crippen molar-refractivity contribution >= 4 is 11.7 Å². The molecule has 124 valence electrons. The number of hydrogen-bond acceptors (Lipinski definition) is 6. The van der Waals surface area contributed by atoms with Gasteiger partial charge in [0, 0.05) is 29.7 Å². The molecule has 24 heavy (non-hydrogen) atoms. The fourth-order valence-electron chi connectivity index (χ4n) is 2.80.